The Morgan fingerprint density at radius 1 is 0.889 bits per heavy atom. The molecule has 3 nitrogen and oxygen atoms in total. The number of rotatable bonds is 2. The summed E-state index contributed by atoms with van der Waals surface area (Å²) in [5.41, 5.74) is 11.8. The second-order valence-electron chi connectivity index (χ2n) is 3.72. The van der Waals surface area contributed by atoms with Crippen LogP contribution in [0.5, 0.6) is 0 Å². The highest BCUT2D eigenvalue weighted by Crippen LogP contribution is 2.26. The van der Waals surface area contributed by atoms with Crippen molar-refractivity contribution in [3.63, 3.8) is 0 Å². The molecule has 5 N–H and O–H groups in total. The molecule has 0 saturated heterocycles. The monoisotopic (exact) mass is 253 g/mol. The molecule has 18 heavy (non-hydrogen) atoms. The summed E-state index contributed by atoms with van der Waals surface area (Å²) in [5, 5.41) is 2.53. The minimum Gasteiger partial charge on any atom is -0.397 e. The molecular weight excluding hydrogens is 243 g/mol. The number of halogens is 3. The van der Waals surface area contributed by atoms with E-state index in [1.807, 2.05) is 0 Å². The smallest absolute Gasteiger partial charge is 0.182 e. The van der Waals surface area contributed by atoms with Crippen molar-refractivity contribution in [1.82, 2.24) is 0 Å². The van der Waals surface area contributed by atoms with Gasteiger partial charge in [0, 0.05) is 17.8 Å². The average Bonchev–Trinajstić information content (AvgIpc) is 2.30. The topological polar surface area (TPSA) is 64.1 Å². The van der Waals surface area contributed by atoms with Gasteiger partial charge in [-0.2, -0.15) is 0 Å². The van der Waals surface area contributed by atoms with E-state index in [1.54, 1.807) is 0 Å². The van der Waals surface area contributed by atoms with E-state index in [9.17, 15) is 13.2 Å². The molecular formula is C12H10F3N3. The van der Waals surface area contributed by atoms with E-state index >= 15 is 0 Å². The molecule has 0 amide bonds. The first-order chi connectivity index (χ1) is 8.47. The average molecular weight is 253 g/mol. The fourth-order valence-electron chi connectivity index (χ4n) is 1.45. The van der Waals surface area contributed by atoms with Gasteiger partial charge in [-0.3, -0.25) is 0 Å². The zero-order valence-corrected chi connectivity index (χ0v) is 9.18. The van der Waals surface area contributed by atoms with Gasteiger partial charge in [0.25, 0.3) is 0 Å². The number of hydrogen-bond acceptors (Lipinski definition) is 3. The van der Waals surface area contributed by atoms with Crippen molar-refractivity contribution >= 4 is 22.7 Å². The summed E-state index contributed by atoms with van der Waals surface area (Å²) in [6.45, 7) is 0. The molecule has 0 spiro atoms. The van der Waals surface area contributed by atoms with Crippen molar-refractivity contribution in [1.29, 1.82) is 0 Å². The Kier molecular flexibility index (Phi) is 3.01. The van der Waals surface area contributed by atoms with Crippen LogP contribution >= 0.6 is 0 Å². The first kappa shape index (κ1) is 12.1. The highest BCUT2D eigenvalue weighted by Gasteiger charge is 2.11. The summed E-state index contributed by atoms with van der Waals surface area (Å²) in [7, 11) is 0. The molecule has 0 aromatic heterocycles. The predicted octanol–water partition coefficient (Wildman–Crippen LogP) is 3.01. The zero-order valence-electron chi connectivity index (χ0n) is 9.18. The highest BCUT2D eigenvalue weighted by molar-refractivity contribution is 5.72. The van der Waals surface area contributed by atoms with Crippen molar-refractivity contribution in [2.24, 2.45) is 0 Å². The van der Waals surface area contributed by atoms with E-state index in [-0.39, 0.29) is 11.4 Å². The van der Waals surface area contributed by atoms with Crippen molar-refractivity contribution in [2.45, 2.75) is 0 Å². The summed E-state index contributed by atoms with van der Waals surface area (Å²) in [4.78, 5) is 0. The third-order valence-corrected chi connectivity index (χ3v) is 2.36. The molecule has 0 bridgehead atoms. The molecule has 0 aliphatic carbocycles. The lowest BCUT2D eigenvalue weighted by atomic mass is 10.2. The Labute approximate surface area is 101 Å². The van der Waals surface area contributed by atoms with E-state index < -0.39 is 17.5 Å². The molecule has 0 aliphatic heterocycles. The Morgan fingerprint density at radius 3 is 2.28 bits per heavy atom. The minimum absolute atomic E-state index is 0.289. The van der Waals surface area contributed by atoms with Gasteiger partial charge >= 0.3 is 0 Å². The van der Waals surface area contributed by atoms with Crippen LogP contribution in [0.15, 0.2) is 30.3 Å². The van der Waals surface area contributed by atoms with Crippen LogP contribution in [-0.2, 0) is 0 Å². The second kappa shape index (κ2) is 4.48. The largest absolute Gasteiger partial charge is 0.397 e. The summed E-state index contributed by atoms with van der Waals surface area (Å²) >= 11 is 0. The van der Waals surface area contributed by atoms with E-state index in [0.29, 0.717) is 17.4 Å². The first-order valence-corrected chi connectivity index (χ1v) is 5.04. The third kappa shape index (κ3) is 2.32. The van der Waals surface area contributed by atoms with Gasteiger partial charge in [0.1, 0.15) is 5.82 Å². The number of anilines is 4. The Balaban J connectivity index is 2.36. The lowest BCUT2D eigenvalue weighted by Gasteiger charge is -2.10. The van der Waals surface area contributed by atoms with Crippen molar-refractivity contribution in [3.05, 3.63) is 47.8 Å². The van der Waals surface area contributed by atoms with Crippen molar-refractivity contribution in [3.8, 4) is 0 Å². The molecule has 6 heteroatoms. The number of benzene rings is 2. The van der Waals surface area contributed by atoms with Gasteiger partial charge in [0.2, 0.25) is 0 Å². The maximum atomic E-state index is 13.4. The van der Waals surface area contributed by atoms with Crippen LogP contribution in [0.2, 0.25) is 0 Å². The van der Waals surface area contributed by atoms with Gasteiger partial charge in [-0.15, -0.1) is 0 Å². The maximum absolute atomic E-state index is 13.4. The Hall–Kier alpha value is -2.37. The molecule has 0 aliphatic rings. The van der Waals surface area contributed by atoms with Crippen LogP contribution in [0.3, 0.4) is 0 Å². The van der Waals surface area contributed by atoms with Gasteiger partial charge in [-0.05, 0) is 18.2 Å². The molecule has 2 rings (SSSR count). The second-order valence-corrected chi connectivity index (χ2v) is 3.72. The summed E-state index contributed by atoms with van der Waals surface area (Å²) < 4.78 is 39.3. The van der Waals surface area contributed by atoms with Crippen molar-refractivity contribution < 1.29 is 13.2 Å². The van der Waals surface area contributed by atoms with Gasteiger partial charge in [-0.1, -0.05) is 0 Å². The molecule has 0 fully saturated rings. The highest BCUT2D eigenvalue weighted by atomic mass is 19.2. The maximum Gasteiger partial charge on any atom is 0.182 e. The van der Waals surface area contributed by atoms with E-state index in [4.69, 9.17) is 11.5 Å². The van der Waals surface area contributed by atoms with Gasteiger partial charge in [0.05, 0.1) is 17.1 Å². The minimum atomic E-state index is -1.26. The SMILES string of the molecule is Nc1ccc(Nc2cc(F)cc(F)c2F)cc1N. The van der Waals surface area contributed by atoms with Crippen LogP contribution in [0.4, 0.5) is 35.9 Å². The number of hydrogen-bond donors (Lipinski definition) is 3. The van der Waals surface area contributed by atoms with Crippen LogP contribution in [-0.4, -0.2) is 0 Å². The van der Waals surface area contributed by atoms with E-state index in [2.05, 4.69) is 5.32 Å². The van der Waals surface area contributed by atoms with Gasteiger partial charge in [-0.25, -0.2) is 13.2 Å². The molecule has 0 atom stereocenters. The summed E-state index contributed by atoms with van der Waals surface area (Å²) in [6.07, 6.45) is 0. The summed E-state index contributed by atoms with van der Waals surface area (Å²) in [5.74, 6) is -3.30. The molecule has 2 aromatic rings. The molecule has 2 aromatic carbocycles. The Morgan fingerprint density at radius 2 is 1.61 bits per heavy atom. The van der Waals surface area contributed by atoms with Crippen LogP contribution in [0, 0.1) is 17.5 Å². The molecule has 94 valence electrons. The lowest BCUT2D eigenvalue weighted by Crippen LogP contribution is -2.00. The fourth-order valence-corrected chi connectivity index (χ4v) is 1.45. The van der Waals surface area contributed by atoms with Crippen LogP contribution in [0.25, 0.3) is 0 Å². The quantitative estimate of drug-likeness (QED) is 0.569. The Bertz CT molecular complexity index is 599. The van der Waals surface area contributed by atoms with Crippen LogP contribution < -0.4 is 16.8 Å². The first-order valence-electron chi connectivity index (χ1n) is 5.04. The number of nitrogen functional groups attached to an aromatic ring is 2. The zero-order chi connectivity index (χ0) is 13.3. The number of nitrogens with two attached hydrogens (primary N) is 2. The molecule has 0 unspecified atom stereocenters. The van der Waals surface area contributed by atoms with Gasteiger partial charge < -0.3 is 16.8 Å². The fraction of sp³-hybridized carbons (Fsp3) is 0. The lowest BCUT2D eigenvalue weighted by molar-refractivity contribution is 0.498. The normalized spacial score (nSPS) is 10.4. The summed E-state index contributed by atoms with van der Waals surface area (Å²) in [6, 6.07) is 5.79. The molecule has 0 saturated carbocycles. The number of nitrogens with one attached hydrogen (secondary N) is 1. The molecule has 0 radical (unpaired) electrons. The molecule has 0 heterocycles. The third-order valence-electron chi connectivity index (χ3n) is 2.36. The van der Waals surface area contributed by atoms with E-state index in [0.717, 1.165) is 6.07 Å². The van der Waals surface area contributed by atoms with Crippen LogP contribution in [0.1, 0.15) is 0 Å². The van der Waals surface area contributed by atoms with Crippen molar-refractivity contribution in [2.75, 3.05) is 16.8 Å². The van der Waals surface area contributed by atoms with E-state index in [1.165, 1.54) is 18.2 Å². The predicted molar refractivity (Wildman–Crippen MR) is 64.9 cm³/mol. The standard InChI is InChI=1S/C12H10F3N3/c13-6-3-8(14)12(15)11(4-6)18-7-1-2-9(16)10(17)5-7/h1-5,18H,16-17H2. The van der Waals surface area contributed by atoms with Gasteiger partial charge in [0.15, 0.2) is 11.6 Å².